The third-order valence-electron chi connectivity index (χ3n) is 3.33. The molecular weight excluding hydrogens is 218 g/mol. The molecule has 98 valence electrons. The molecule has 1 fully saturated rings. The summed E-state index contributed by atoms with van der Waals surface area (Å²) in [6.07, 6.45) is 7.32. The van der Waals surface area contributed by atoms with E-state index in [2.05, 4.69) is 6.92 Å². The van der Waals surface area contributed by atoms with E-state index >= 15 is 0 Å². The molecule has 0 aliphatic carbocycles. The average Bonchev–Trinajstić information content (AvgIpc) is 2.65. The lowest BCUT2D eigenvalue weighted by Gasteiger charge is -2.19. The maximum Gasteiger partial charge on any atom is 0.321 e. The van der Waals surface area contributed by atoms with Gasteiger partial charge < -0.3 is 5.11 Å². The Morgan fingerprint density at radius 3 is 2.59 bits per heavy atom. The van der Waals surface area contributed by atoms with Crippen LogP contribution in [0.15, 0.2) is 0 Å². The molecule has 0 aromatic rings. The highest BCUT2D eigenvalue weighted by Crippen LogP contribution is 2.16. The van der Waals surface area contributed by atoms with Gasteiger partial charge in [-0.3, -0.25) is 14.5 Å². The van der Waals surface area contributed by atoms with Crippen LogP contribution in [0.1, 0.15) is 51.9 Å². The summed E-state index contributed by atoms with van der Waals surface area (Å²) in [6.45, 7) is 3.26. The summed E-state index contributed by atoms with van der Waals surface area (Å²) in [5.74, 6) is -0.801. The third-order valence-corrected chi connectivity index (χ3v) is 3.33. The van der Waals surface area contributed by atoms with Crippen molar-refractivity contribution in [3.05, 3.63) is 0 Å². The van der Waals surface area contributed by atoms with E-state index in [4.69, 9.17) is 5.11 Å². The molecule has 1 unspecified atom stereocenters. The van der Waals surface area contributed by atoms with Gasteiger partial charge in [-0.25, -0.2) is 0 Å². The molecule has 0 spiro atoms. The minimum Gasteiger partial charge on any atom is -0.480 e. The molecule has 0 radical (unpaired) electrons. The van der Waals surface area contributed by atoms with Crippen molar-refractivity contribution in [3.63, 3.8) is 0 Å². The predicted molar refractivity (Wildman–Crippen MR) is 66.0 cm³/mol. The van der Waals surface area contributed by atoms with Gasteiger partial charge in [0.15, 0.2) is 0 Å². The number of rotatable bonds is 8. The number of carbonyl (C=O) groups excluding carboxylic acids is 1. The topological polar surface area (TPSA) is 57.6 Å². The van der Waals surface area contributed by atoms with Crippen LogP contribution < -0.4 is 0 Å². The lowest BCUT2D eigenvalue weighted by atomic mass is 10.1. The summed E-state index contributed by atoms with van der Waals surface area (Å²) in [5, 5.41) is 8.98. The first kappa shape index (κ1) is 14.2. The van der Waals surface area contributed by atoms with Crippen molar-refractivity contribution in [1.29, 1.82) is 0 Å². The Bertz CT molecular complexity index is 265. The Kier molecular flexibility index (Phi) is 6.19. The van der Waals surface area contributed by atoms with Crippen LogP contribution in [0.3, 0.4) is 0 Å². The highest BCUT2D eigenvalue weighted by atomic mass is 16.4. The second-order valence-electron chi connectivity index (χ2n) is 4.84. The fourth-order valence-corrected chi connectivity index (χ4v) is 2.32. The van der Waals surface area contributed by atoms with E-state index < -0.39 is 12.0 Å². The minimum atomic E-state index is -0.859. The lowest BCUT2D eigenvalue weighted by molar-refractivity contribution is -0.142. The smallest absolute Gasteiger partial charge is 0.321 e. The van der Waals surface area contributed by atoms with Gasteiger partial charge in [-0.2, -0.15) is 0 Å². The molecule has 0 amide bonds. The molecular formula is C13H23NO3. The van der Waals surface area contributed by atoms with Crippen LogP contribution in [0.2, 0.25) is 0 Å². The molecule has 0 aromatic heterocycles. The molecule has 1 heterocycles. The number of aliphatic carboxylic acids is 1. The molecule has 0 aromatic carbocycles. The third kappa shape index (κ3) is 4.86. The largest absolute Gasteiger partial charge is 0.480 e. The Balaban J connectivity index is 2.17. The van der Waals surface area contributed by atoms with E-state index in [1.807, 2.05) is 4.90 Å². The number of Topliss-reactive ketones (excluding diaryl/α,β-unsaturated/α-hetero) is 1. The zero-order chi connectivity index (χ0) is 12.7. The van der Waals surface area contributed by atoms with Gasteiger partial charge in [-0.15, -0.1) is 0 Å². The van der Waals surface area contributed by atoms with Crippen molar-refractivity contribution < 1.29 is 14.7 Å². The molecule has 1 atom stereocenters. The lowest BCUT2D eigenvalue weighted by Crippen LogP contribution is -2.36. The Labute approximate surface area is 103 Å². The molecule has 4 nitrogen and oxygen atoms in total. The minimum absolute atomic E-state index is 0.0587. The summed E-state index contributed by atoms with van der Waals surface area (Å²) in [7, 11) is 0. The average molecular weight is 241 g/mol. The second-order valence-corrected chi connectivity index (χ2v) is 4.84. The molecule has 1 rings (SSSR count). The van der Waals surface area contributed by atoms with E-state index in [-0.39, 0.29) is 12.2 Å². The van der Waals surface area contributed by atoms with Gasteiger partial charge in [0.05, 0.1) is 6.54 Å². The number of carboxylic acid groups (broad SMARTS) is 1. The second kappa shape index (κ2) is 7.43. The van der Waals surface area contributed by atoms with Crippen molar-refractivity contribution in [1.82, 2.24) is 4.90 Å². The monoisotopic (exact) mass is 241 g/mol. The summed E-state index contributed by atoms with van der Waals surface area (Å²) in [5.41, 5.74) is 0. The maximum absolute atomic E-state index is 11.2. The van der Waals surface area contributed by atoms with Gasteiger partial charge in [-0.1, -0.05) is 39.0 Å². The molecule has 17 heavy (non-hydrogen) atoms. The molecule has 1 aliphatic rings. The highest BCUT2D eigenvalue weighted by molar-refractivity contribution is 5.90. The fraction of sp³-hybridized carbons (Fsp3) is 0.846. The van der Waals surface area contributed by atoms with Gasteiger partial charge in [0.1, 0.15) is 11.8 Å². The van der Waals surface area contributed by atoms with Crippen molar-refractivity contribution in [2.45, 2.75) is 57.9 Å². The summed E-state index contributed by atoms with van der Waals surface area (Å²) >= 11 is 0. The number of carbonyl (C=O) groups is 2. The van der Waals surface area contributed by atoms with E-state index in [0.29, 0.717) is 6.54 Å². The quantitative estimate of drug-likeness (QED) is 0.661. The van der Waals surface area contributed by atoms with Gasteiger partial charge >= 0.3 is 5.97 Å². The first-order chi connectivity index (χ1) is 8.15. The Hall–Kier alpha value is -0.900. The van der Waals surface area contributed by atoms with E-state index in [1.165, 1.54) is 25.7 Å². The van der Waals surface area contributed by atoms with Crippen LogP contribution in [0, 0.1) is 0 Å². The van der Waals surface area contributed by atoms with Crippen LogP contribution in [0.5, 0.6) is 0 Å². The van der Waals surface area contributed by atoms with E-state index in [1.54, 1.807) is 0 Å². The number of likely N-dealkylation sites (tertiary alicyclic amines) is 1. The summed E-state index contributed by atoms with van der Waals surface area (Å²) in [4.78, 5) is 24.0. The van der Waals surface area contributed by atoms with Crippen LogP contribution in [-0.4, -0.2) is 40.9 Å². The molecule has 1 N–H and O–H groups in total. The number of unbranched alkanes of at least 4 members (excludes halogenated alkanes) is 5. The number of nitrogens with zero attached hydrogens (tertiary/aromatic N) is 1. The van der Waals surface area contributed by atoms with Gasteiger partial charge in [0, 0.05) is 6.42 Å². The first-order valence-electron chi connectivity index (χ1n) is 6.63. The summed E-state index contributed by atoms with van der Waals surface area (Å²) < 4.78 is 0. The molecule has 4 heteroatoms. The Morgan fingerprint density at radius 2 is 1.94 bits per heavy atom. The SMILES string of the molecule is CCCCCCCCN1CC(=O)CC1C(=O)O. The molecule has 1 saturated heterocycles. The number of carboxylic acids is 1. The van der Waals surface area contributed by atoms with Crippen LogP contribution in [0.4, 0.5) is 0 Å². The van der Waals surface area contributed by atoms with E-state index in [9.17, 15) is 9.59 Å². The summed E-state index contributed by atoms with van der Waals surface area (Å²) in [6, 6.07) is -0.571. The first-order valence-corrected chi connectivity index (χ1v) is 6.63. The number of ketones is 1. The van der Waals surface area contributed by atoms with Gasteiger partial charge in [-0.05, 0) is 13.0 Å². The van der Waals surface area contributed by atoms with Crippen molar-refractivity contribution >= 4 is 11.8 Å². The normalized spacial score (nSPS) is 21.0. The molecule has 0 bridgehead atoms. The van der Waals surface area contributed by atoms with Crippen LogP contribution in [-0.2, 0) is 9.59 Å². The van der Waals surface area contributed by atoms with Crippen LogP contribution >= 0.6 is 0 Å². The standard InChI is InChI=1S/C13H23NO3/c1-2-3-4-5-6-7-8-14-10-11(15)9-12(14)13(16)17/h12H,2-10H2,1H3,(H,16,17). The van der Waals surface area contributed by atoms with Crippen molar-refractivity contribution in [3.8, 4) is 0 Å². The van der Waals surface area contributed by atoms with Crippen LogP contribution in [0.25, 0.3) is 0 Å². The van der Waals surface area contributed by atoms with Crippen molar-refractivity contribution in [2.24, 2.45) is 0 Å². The zero-order valence-electron chi connectivity index (χ0n) is 10.7. The maximum atomic E-state index is 11.2. The zero-order valence-corrected chi connectivity index (χ0v) is 10.7. The van der Waals surface area contributed by atoms with E-state index in [0.717, 1.165) is 19.4 Å². The number of hydrogen-bond donors (Lipinski definition) is 1. The number of hydrogen-bond acceptors (Lipinski definition) is 3. The molecule has 0 saturated carbocycles. The van der Waals surface area contributed by atoms with Gasteiger partial charge in [0.25, 0.3) is 0 Å². The fourth-order valence-electron chi connectivity index (χ4n) is 2.32. The van der Waals surface area contributed by atoms with Crippen molar-refractivity contribution in [2.75, 3.05) is 13.1 Å². The highest BCUT2D eigenvalue weighted by Gasteiger charge is 2.34. The molecule has 1 aliphatic heterocycles. The van der Waals surface area contributed by atoms with Gasteiger partial charge in [0.2, 0.25) is 0 Å². The predicted octanol–water partition coefficient (Wildman–Crippen LogP) is 2.07. The Morgan fingerprint density at radius 1 is 1.29 bits per heavy atom.